The maximum Gasteiger partial charge on any atom is 0.253 e. The Kier molecular flexibility index (Phi) is 6.21. The van der Waals surface area contributed by atoms with Crippen molar-refractivity contribution in [2.75, 3.05) is 14.2 Å². The number of carbonyl (C=O) groups is 1. The van der Waals surface area contributed by atoms with E-state index in [0.29, 0.717) is 18.5 Å². The molecule has 0 unspecified atom stereocenters. The third-order valence-electron chi connectivity index (χ3n) is 4.13. The van der Waals surface area contributed by atoms with Gasteiger partial charge < -0.3 is 14.7 Å². The summed E-state index contributed by atoms with van der Waals surface area (Å²) >= 11 is 0. The Morgan fingerprint density at radius 2 is 1.80 bits per heavy atom. The van der Waals surface area contributed by atoms with Crippen LogP contribution in [-0.2, 0) is 13.0 Å². The van der Waals surface area contributed by atoms with Crippen LogP contribution in [0.15, 0.2) is 48.5 Å². The van der Waals surface area contributed by atoms with Gasteiger partial charge in [-0.15, -0.1) is 0 Å². The first-order valence-corrected chi connectivity index (χ1v) is 8.48. The first kappa shape index (κ1) is 19.0. The summed E-state index contributed by atoms with van der Waals surface area (Å²) in [6, 6.07) is 15.3. The van der Waals surface area contributed by atoms with Crippen LogP contribution in [0.25, 0.3) is 0 Å². The quantitative estimate of drug-likeness (QED) is 0.836. The van der Waals surface area contributed by atoms with Crippen molar-refractivity contribution in [1.29, 1.82) is 0 Å². The molecule has 0 aliphatic heterocycles. The summed E-state index contributed by atoms with van der Waals surface area (Å²) in [6.07, 6.45) is 1.48. The highest BCUT2D eigenvalue weighted by Gasteiger charge is 2.14. The van der Waals surface area contributed by atoms with Crippen LogP contribution in [0.1, 0.15) is 41.8 Å². The van der Waals surface area contributed by atoms with Crippen molar-refractivity contribution < 1.29 is 14.6 Å². The lowest BCUT2D eigenvalue weighted by Gasteiger charge is -2.18. The standard InChI is InChI=1S/C21H27NO3/c1-21(2,24)13-12-16-8-10-18(11-9-16)20(23)22(3)15-17-6-5-7-19(14-17)25-4/h5-11,14,24H,12-13,15H2,1-4H3. The molecule has 1 amide bonds. The number of hydrogen-bond acceptors (Lipinski definition) is 3. The molecule has 0 atom stereocenters. The predicted molar refractivity (Wildman–Crippen MR) is 99.9 cm³/mol. The normalized spacial score (nSPS) is 11.2. The van der Waals surface area contributed by atoms with Gasteiger partial charge in [-0.05, 0) is 62.1 Å². The second kappa shape index (κ2) is 8.17. The fourth-order valence-electron chi connectivity index (χ4n) is 2.60. The summed E-state index contributed by atoms with van der Waals surface area (Å²) in [6.45, 7) is 4.13. The lowest BCUT2D eigenvalue weighted by Crippen LogP contribution is -2.26. The van der Waals surface area contributed by atoms with E-state index in [2.05, 4.69) is 0 Å². The minimum atomic E-state index is -0.675. The first-order valence-electron chi connectivity index (χ1n) is 8.48. The van der Waals surface area contributed by atoms with Gasteiger partial charge in [-0.2, -0.15) is 0 Å². The number of aliphatic hydroxyl groups is 1. The molecule has 0 saturated carbocycles. The largest absolute Gasteiger partial charge is 0.497 e. The van der Waals surface area contributed by atoms with E-state index in [4.69, 9.17) is 4.74 Å². The maximum atomic E-state index is 12.6. The summed E-state index contributed by atoms with van der Waals surface area (Å²) < 4.78 is 5.22. The van der Waals surface area contributed by atoms with E-state index in [1.54, 1.807) is 32.9 Å². The molecule has 0 radical (unpaired) electrons. The summed E-state index contributed by atoms with van der Waals surface area (Å²) in [5.41, 5.74) is 2.13. The lowest BCUT2D eigenvalue weighted by molar-refractivity contribution is 0.0713. The topological polar surface area (TPSA) is 49.8 Å². The second-order valence-electron chi connectivity index (χ2n) is 7.02. The zero-order valence-electron chi connectivity index (χ0n) is 15.5. The van der Waals surface area contributed by atoms with E-state index < -0.39 is 5.60 Å². The van der Waals surface area contributed by atoms with Crippen molar-refractivity contribution in [1.82, 2.24) is 4.90 Å². The van der Waals surface area contributed by atoms with Gasteiger partial charge in [-0.25, -0.2) is 0 Å². The average Bonchev–Trinajstić information content (AvgIpc) is 2.59. The van der Waals surface area contributed by atoms with Gasteiger partial charge in [-0.3, -0.25) is 4.79 Å². The van der Waals surface area contributed by atoms with Crippen LogP contribution in [-0.4, -0.2) is 35.7 Å². The molecule has 2 aromatic rings. The van der Waals surface area contributed by atoms with E-state index >= 15 is 0 Å². The molecule has 0 saturated heterocycles. The molecule has 0 bridgehead atoms. The Hall–Kier alpha value is -2.33. The van der Waals surface area contributed by atoms with Gasteiger partial charge in [-0.1, -0.05) is 24.3 Å². The molecule has 0 heterocycles. The van der Waals surface area contributed by atoms with Crippen LogP contribution in [0, 0.1) is 0 Å². The molecule has 1 N–H and O–H groups in total. The monoisotopic (exact) mass is 341 g/mol. The number of amides is 1. The van der Waals surface area contributed by atoms with Crippen LogP contribution in [0.2, 0.25) is 0 Å². The summed E-state index contributed by atoms with van der Waals surface area (Å²) in [5.74, 6) is 0.770. The number of nitrogens with zero attached hydrogens (tertiary/aromatic N) is 1. The third kappa shape index (κ3) is 5.91. The zero-order valence-corrected chi connectivity index (χ0v) is 15.5. The Morgan fingerprint density at radius 1 is 1.12 bits per heavy atom. The summed E-state index contributed by atoms with van der Waals surface area (Å²) in [7, 11) is 3.43. The van der Waals surface area contributed by atoms with Crippen LogP contribution >= 0.6 is 0 Å². The number of benzene rings is 2. The second-order valence-corrected chi connectivity index (χ2v) is 7.02. The average molecular weight is 341 g/mol. The number of hydrogen-bond donors (Lipinski definition) is 1. The Balaban J connectivity index is 1.99. The predicted octanol–water partition coefficient (Wildman–Crippen LogP) is 3.67. The molecule has 134 valence electrons. The smallest absolute Gasteiger partial charge is 0.253 e. The van der Waals surface area contributed by atoms with Crippen molar-refractivity contribution in [2.24, 2.45) is 0 Å². The number of aryl methyl sites for hydroxylation is 1. The van der Waals surface area contributed by atoms with E-state index in [0.717, 1.165) is 23.3 Å². The molecular formula is C21H27NO3. The third-order valence-corrected chi connectivity index (χ3v) is 4.13. The fraction of sp³-hybridized carbons (Fsp3) is 0.381. The van der Waals surface area contributed by atoms with E-state index in [-0.39, 0.29) is 5.91 Å². The highest BCUT2D eigenvalue weighted by molar-refractivity contribution is 5.94. The summed E-state index contributed by atoms with van der Waals surface area (Å²) in [5, 5.41) is 9.80. The molecule has 0 aliphatic rings. The van der Waals surface area contributed by atoms with Crippen molar-refractivity contribution in [3.63, 3.8) is 0 Å². The lowest BCUT2D eigenvalue weighted by atomic mass is 9.98. The number of rotatable bonds is 7. The number of ether oxygens (including phenoxy) is 1. The van der Waals surface area contributed by atoms with E-state index in [1.807, 2.05) is 48.5 Å². The molecule has 0 aromatic heterocycles. The summed E-state index contributed by atoms with van der Waals surface area (Å²) in [4.78, 5) is 14.3. The van der Waals surface area contributed by atoms with Gasteiger partial charge in [0.05, 0.1) is 12.7 Å². The van der Waals surface area contributed by atoms with Crippen LogP contribution in [0.3, 0.4) is 0 Å². The van der Waals surface area contributed by atoms with Gasteiger partial charge in [0, 0.05) is 19.2 Å². The SMILES string of the molecule is COc1cccc(CN(C)C(=O)c2ccc(CCC(C)(C)O)cc2)c1. The Bertz CT molecular complexity index is 702. The number of carbonyl (C=O) groups excluding carboxylic acids is 1. The highest BCUT2D eigenvalue weighted by atomic mass is 16.5. The van der Waals surface area contributed by atoms with E-state index in [9.17, 15) is 9.90 Å². The van der Waals surface area contributed by atoms with Gasteiger partial charge >= 0.3 is 0 Å². The minimum Gasteiger partial charge on any atom is -0.497 e. The fourth-order valence-corrected chi connectivity index (χ4v) is 2.60. The molecule has 0 fully saturated rings. The molecule has 4 nitrogen and oxygen atoms in total. The van der Waals surface area contributed by atoms with Gasteiger partial charge in [0.1, 0.15) is 5.75 Å². The molecular weight excluding hydrogens is 314 g/mol. The Morgan fingerprint density at radius 3 is 2.40 bits per heavy atom. The Labute approximate surface area is 150 Å². The van der Waals surface area contributed by atoms with Crippen LogP contribution < -0.4 is 4.74 Å². The van der Waals surface area contributed by atoms with Gasteiger partial charge in [0.2, 0.25) is 0 Å². The molecule has 0 spiro atoms. The molecule has 4 heteroatoms. The number of methoxy groups -OCH3 is 1. The molecule has 2 rings (SSSR count). The zero-order chi connectivity index (χ0) is 18.4. The van der Waals surface area contributed by atoms with Crippen molar-refractivity contribution in [3.05, 3.63) is 65.2 Å². The van der Waals surface area contributed by atoms with Crippen molar-refractivity contribution in [2.45, 2.75) is 38.8 Å². The van der Waals surface area contributed by atoms with E-state index in [1.165, 1.54) is 0 Å². The molecule has 2 aromatic carbocycles. The maximum absolute atomic E-state index is 12.6. The van der Waals surface area contributed by atoms with Crippen LogP contribution in [0.4, 0.5) is 0 Å². The van der Waals surface area contributed by atoms with Gasteiger partial charge in [0.15, 0.2) is 0 Å². The highest BCUT2D eigenvalue weighted by Crippen LogP contribution is 2.17. The minimum absolute atomic E-state index is 0.0168. The molecule has 0 aliphatic carbocycles. The van der Waals surface area contributed by atoms with Crippen molar-refractivity contribution >= 4 is 5.91 Å². The van der Waals surface area contributed by atoms with Crippen LogP contribution in [0.5, 0.6) is 5.75 Å². The van der Waals surface area contributed by atoms with Gasteiger partial charge in [0.25, 0.3) is 5.91 Å². The molecule has 25 heavy (non-hydrogen) atoms. The van der Waals surface area contributed by atoms with Crippen molar-refractivity contribution in [3.8, 4) is 5.75 Å². The first-order chi connectivity index (χ1) is 11.8.